The van der Waals surface area contributed by atoms with E-state index in [2.05, 4.69) is 6.58 Å². The van der Waals surface area contributed by atoms with Crippen LogP contribution in [0.1, 0.15) is 0 Å². The van der Waals surface area contributed by atoms with Crippen molar-refractivity contribution in [3.63, 3.8) is 0 Å². The van der Waals surface area contributed by atoms with Crippen LogP contribution < -0.4 is 5.11 Å². The summed E-state index contributed by atoms with van der Waals surface area (Å²) in [4.78, 5) is 8.64. The number of nitro groups is 1. The molecule has 0 heterocycles. The van der Waals surface area contributed by atoms with Gasteiger partial charge in [0.15, 0.2) is 0 Å². The topological polar surface area (TPSA) is 66.2 Å². The highest BCUT2D eigenvalue weighted by atomic mass is 16.6. The smallest absolute Gasteiger partial charge is 0.214 e. The summed E-state index contributed by atoms with van der Waals surface area (Å²) in [5.74, 6) is -0.662. The van der Waals surface area contributed by atoms with E-state index in [-0.39, 0.29) is 0 Å². The number of hydrogen-bond acceptors (Lipinski definition) is 3. The number of nitrogens with zero attached hydrogens (tertiary/aromatic N) is 1. The fourth-order valence-electron chi connectivity index (χ4n) is 0.144. The summed E-state index contributed by atoms with van der Waals surface area (Å²) in [5.41, 5.74) is 0. The first-order chi connectivity index (χ1) is 3.13. The first-order valence-corrected chi connectivity index (χ1v) is 1.59. The Morgan fingerprint density at radius 1 is 1.86 bits per heavy atom. The van der Waals surface area contributed by atoms with Crippen LogP contribution in [0.5, 0.6) is 0 Å². The molecule has 4 heteroatoms. The third-order valence-corrected chi connectivity index (χ3v) is 0.305. The Morgan fingerprint density at radius 3 is 2.29 bits per heavy atom. The van der Waals surface area contributed by atoms with E-state index in [1.165, 1.54) is 0 Å². The van der Waals surface area contributed by atoms with Crippen LogP contribution in [0.15, 0.2) is 12.3 Å². The van der Waals surface area contributed by atoms with E-state index >= 15 is 0 Å². The lowest BCUT2D eigenvalue weighted by Gasteiger charge is -1.99. The molecule has 4 nitrogen and oxygen atoms in total. The Kier molecular flexibility index (Phi) is 1.84. The standard InChI is InChI=1S/C3H5NO3/c1-3(5)2-4(6)7/h5H,1-2H2/p-1. The maximum absolute atomic E-state index is 9.70. The molecule has 0 amide bonds. The molecule has 0 saturated heterocycles. The largest absolute Gasteiger partial charge is 0.871 e. The molecule has 7 heavy (non-hydrogen) atoms. The quantitative estimate of drug-likeness (QED) is 0.259. The normalized spacial score (nSPS) is 8.00. The van der Waals surface area contributed by atoms with Gasteiger partial charge in [-0.15, -0.1) is 6.58 Å². The van der Waals surface area contributed by atoms with Gasteiger partial charge in [-0.1, -0.05) is 5.76 Å². The molecular formula is C3H4NO3-. The zero-order valence-electron chi connectivity index (χ0n) is 3.59. The first kappa shape index (κ1) is 5.94. The number of hydrogen-bond donors (Lipinski definition) is 0. The highest BCUT2D eigenvalue weighted by molar-refractivity contribution is 4.73. The van der Waals surface area contributed by atoms with E-state index < -0.39 is 17.2 Å². The molecule has 40 valence electrons. The molecule has 0 fully saturated rings. The van der Waals surface area contributed by atoms with Crippen LogP contribution in [-0.2, 0) is 0 Å². The van der Waals surface area contributed by atoms with Crippen molar-refractivity contribution in [3.8, 4) is 0 Å². The summed E-state index contributed by atoms with van der Waals surface area (Å²) >= 11 is 0. The monoisotopic (exact) mass is 102 g/mol. The fourth-order valence-corrected chi connectivity index (χ4v) is 0.144. The molecule has 0 N–H and O–H groups in total. The minimum atomic E-state index is -0.713. The van der Waals surface area contributed by atoms with Crippen molar-refractivity contribution >= 4 is 0 Å². The van der Waals surface area contributed by atoms with E-state index in [4.69, 9.17) is 0 Å². The van der Waals surface area contributed by atoms with Crippen molar-refractivity contribution in [1.29, 1.82) is 0 Å². The molecule has 0 atom stereocenters. The Balaban J connectivity index is 3.32. The van der Waals surface area contributed by atoms with Gasteiger partial charge >= 0.3 is 0 Å². The maximum Gasteiger partial charge on any atom is 0.214 e. The van der Waals surface area contributed by atoms with Crippen LogP contribution in [0.25, 0.3) is 0 Å². The summed E-state index contributed by atoms with van der Waals surface area (Å²) < 4.78 is 0. The van der Waals surface area contributed by atoms with Crippen molar-refractivity contribution in [3.05, 3.63) is 22.5 Å². The SMILES string of the molecule is C=C([O-])C[N+](=O)[O-]. The molecule has 0 aromatic rings. The van der Waals surface area contributed by atoms with Gasteiger partial charge in [-0.25, -0.2) is 0 Å². The zero-order chi connectivity index (χ0) is 5.86. The molecule has 0 aliphatic carbocycles. The van der Waals surface area contributed by atoms with E-state index in [1.807, 2.05) is 0 Å². The molecule has 0 radical (unpaired) electrons. The minimum Gasteiger partial charge on any atom is -0.871 e. The Bertz CT molecular complexity index is 86.4. The van der Waals surface area contributed by atoms with E-state index in [1.54, 1.807) is 0 Å². The second kappa shape index (κ2) is 2.17. The average molecular weight is 102 g/mol. The molecule has 0 saturated carbocycles. The highest BCUT2D eigenvalue weighted by Crippen LogP contribution is 1.73. The van der Waals surface area contributed by atoms with Crippen LogP contribution in [0, 0.1) is 10.1 Å². The van der Waals surface area contributed by atoms with Crippen molar-refractivity contribution in [2.24, 2.45) is 0 Å². The lowest BCUT2D eigenvalue weighted by atomic mass is 10.6. The molecule has 0 spiro atoms. The van der Waals surface area contributed by atoms with E-state index in [0.717, 1.165) is 0 Å². The molecule has 0 aliphatic rings. The van der Waals surface area contributed by atoms with Gasteiger partial charge in [0.2, 0.25) is 6.54 Å². The van der Waals surface area contributed by atoms with Crippen LogP contribution in [0.2, 0.25) is 0 Å². The van der Waals surface area contributed by atoms with Crippen LogP contribution in [0.4, 0.5) is 0 Å². The van der Waals surface area contributed by atoms with Crippen molar-refractivity contribution in [1.82, 2.24) is 0 Å². The lowest BCUT2D eigenvalue weighted by molar-refractivity contribution is -0.496. The van der Waals surface area contributed by atoms with Gasteiger partial charge in [0.25, 0.3) is 0 Å². The van der Waals surface area contributed by atoms with Crippen LogP contribution >= 0.6 is 0 Å². The summed E-state index contributed by atoms with van der Waals surface area (Å²) in [6, 6.07) is 0. The van der Waals surface area contributed by atoms with Gasteiger partial charge in [0, 0.05) is 4.92 Å². The van der Waals surface area contributed by atoms with Crippen molar-refractivity contribution in [2.45, 2.75) is 0 Å². The second-order valence-electron chi connectivity index (χ2n) is 1.03. The third kappa shape index (κ3) is 4.94. The summed E-state index contributed by atoms with van der Waals surface area (Å²) in [7, 11) is 0. The molecule has 0 rings (SSSR count). The summed E-state index contributed by atoms with van der Waals surface area (Å²) in [6.07, 6.45) is 0. The van der Waals surface area contributed by atoms with Gasteiger partial charge in [-0.3, -0.25) is 10.1 Å². The Hall–Kier alpha value is -1.06. The van der Waals surface area contributed by atoms with Gasteiger partial charge in [0.05, 0.1) is 0 Å². The third-order valence-electron chi connectivity index (χ3n) is 0.305. The van der Waals surface area contributed by atoms with Gasteiger partial charge < -0.3 is 5.11 Å². The summed E-state index contributed by atoms with van der Waals surface area (Å²) in [5, 5.41) is 19.1. The Morgan fingerprint density at radius 2 is 2.29 bits per heavy atom. The minimum absolute atomic E-state index is 0.662. The highest BCUT2D eigenvalue weighted by Gasteiger charge is 1.86. The van der Waals surface area contributed by atoms with Crippen molar-refractivity contribution in [2.75, 3.05) is 6.54 Å². The summed E-state index contributed by atoms with van der Waals surface area (Å²) in [6.45, 7) is 2.13. The van der Waals surface area contributed by atoms with E-state index in [0.29, 0.717) is 0 Å². The molecule has 0 aromatic heterocycles. The molecular weight excluding hydrogens is 98.0 g/mol. The van der Waals surface area contributed by atoms with Crippen molar-refractivity contribution < 1.29 is 10.0 Å². The molecule has 0 aliphatic heterocycles. The lowest BCUT2D eigenvalue weighted by Crippen LogP contribution is -2.12. The molecule has 0 bridgehead atoms. The predicted molar refractivity (Wildman–Crippen MR) is 21.0 cm³/mol. The zero-order valence-corrected chi connectivity index (χ0v) is 3.59. The van der Waals surface area contributed by atoms with Gasteiger partial charge in [-0.05, 0) is 0 Å². The Labute approximate surface area is 40.2 Å². The van der Waals surface area contributed by atoms with Gasteiger partial charge in [0.1, 0.15) is 0 Å². The second-order valence-corrected chi connectivity index (χ2v) is 1.03. The molecule has 0 unspecified atom stereocenters. The van der Waals surface area contributed by atoms with Crippen LogP contribution in [-0.4, -0.2) is 11.5 Å². The number of rotatable bonds is 2. The maximum atomic E-state index is 9.70. The molecule has 0 aromatic carbocycles. The first-order valence-electron chi connectivity index (χ1n) is 1.59. The van der Waals surface area contributed by atoms with Gasteiger partial charge in [-0.2, -0.15) is 0 Å². The van der Waals surface area contributed by atoms with E-state index in [9.17, 15) is 15.2 Å². The fraction of sp³-hybridized carbons (Fsp3) is 0.333. The predicted octanol–water partition coefficient (Wildman–Crippen LogP) is -0.863. The van der Waals surface area contributed by atoms with Crippen LogP contribution in [0.3, 0.4) is 0 Å². The average Bonchev–Trinajstić information content (AvgIpc) is 1.27.